The van der Waals surface area contributed by atoms with E-state index in [2.05, 4.69) is 26.1 Å². The second-order valence-electron chi connectivity index (χ2n) is 6.60. The van der Waals surface area contributed by atoms with Crippen molar-refractivity contribution in [2.45, 2.75) is 52.9 Å². The van der Waals surface area contributed by atoms with Gasteiger partial charge in [0.1, 0.15) is 12.0 Å². The summed E-state index contributed by atoms with van der Waals surface area (Å²) < 4.78 is 14.1. The van der Waals surface area contributed by atoms with Crippen LogP contribution in [-0.2, 0) is 4.79 Å². The van der Waals surface area contributed by atoms with E-state index in [1.165, 1.54) is 6.07 Å². The molecule has 1 fully saturated rings. The van der Waals surface area contributed by atoms with Gasteiger partial charge in [0.2, 0.25) is 5.91 Å². The molecule has 0 radical (unpaired) electrons. The number of carbonyl (C=O) groups is 1. The van der Waals surface area contributed by atoms with Gasteiger partial charge in [-0.25, -0.2) is 4.39 Å². The topological polar surface area (TPSA) is 32.3 Å². The number of hydrogen-bond donors (Lipinski definition) is 1. The van der Waals surface area contributed by atoms with Gasteiger partial charge >= 0.3 is 0 Å². The lowest BCUT2D eigenvalue weighted by molar-refractivity contribution is -0.134. The Bertz CT molecular complexity index is 509. The third-order valence-corrected chi connectivity index (χ3v) is 4.18. The van der Waals surface area contributed by atoms with Gasteiger partial charge in [-0.05, 0) is 25.3 Å². The molecular formula is C16H23FN2O. The van der Waals surface area contributed by atoms with Gasteiger partial charge in [-0.2, -0.15) is 0 Å². The van der Waals surface area contributed by atoms with Crippen LogP contribution in [0.4, 0.5) is 4.39 Å². The van der Waals surface area contributed by atoms with Crippen molar-refractivity contribution < 1.29 is 9.18 Å². The average molecular weight is 278 g/mol. The zero-order valence-corrected chi connectivity index (χ0v) is 12.8. The molecular weight excluding hydrogens is 255 g/mol. The van der Waals surface area contributed by atoms with Crippen LogP contribution in [0.1, 0.15) is 46.3 Å². The Labute approximate surface area is 120 Å². The highest BCUT2D eigenvalue weighted by molar-refractivity contribution is 5.84. The molecule has 1 amide bonds. The molecule has 3 atom stereocenters. The van der Waals surface area contributed by atoms with E-state index in [0.29, 0.717) is 5.56 Å². The fraction of sp³-hybridized carbons (Fsp3) is 0.562. The molecule has 0 aliphatic carbocycles. The van der Waals surface area contributed by atoms with Gasteiger partial charge in [-0.15, -0.1) is 0 Å². The van der Waals surface area contributed by atoms with Gasteiger partial charge in [-0.3, -0.25) is 10.1 Å². The van der Waals surface area contributed by atoms with Crippen LogP contribution in [0.2, 0.25) is 0 Å². The van der Waals surface area contributed by atoms with Gasteiger partial charge < -0.3 is 4.90 Å². The second kappa shape index (κ2) is 5.17. The van der Waals surface area contributed by atoms with Crippen molar-refractivity contribution in [1.29, 1.82) is 0 Å². The second-order valence-corrected chi connectivity index (χ2v) is 6.60. The zero-order valence-electron chi connectivity index (χ0n) is 12.8. The minimum absolute atomic E-state index is 0.0112. The van der Waals surface area contributed by atoms with Crippen LogP contribution in [-0.4, -0.2) is 22.9 Å². The van der Waals surface area contributed by atoms with E-state index in [-0.39, 0.29) is 29.2 Å². The highest BCUT2D eigenvalue weighted by Gasteiger charge is 2.43. The van der Waals surface area contributed by atoms with E-state index < -0.39 is 6.17 Å². The van der Waals surface area contributed by atoms with E-state index in [0.717, 1.165) is 0 Å². The summed E-state index contributed by atoms with van der Waals surface area (Å²) in [5.74, 6) is -0.251. The van der Waals surface area contributed by atoms with E-state index in [9.17, 15) is 9.18 Å². The molecule has 4 heteroatoms. The Morgan fingerprint density at radius 2 is 1.90 bits per heavy atom. The van der Waals surface area contributed by atoms with Crippen LogP contribution in [0.5, 0.6) is 0 Å². The summed E-state index contributed by atoms with van der Waals surface area (Å²) in [6, 6.07) is 6.36. The molecule has 0 bridgehead atoms. The van der Waals surface area contributed by atoms with Crippen molar-refractivity contribution >= 4 is 5.91 Å². The summed E-state index contributed by atoms with van der Waals surface area (Å²) in [6.45, 7) is 10.1. The molecule has 3 unspecified atom stereocenters. The number of nitrogens with zero attached hydrogens (tertiary/aromatic N) is 1. The lowest BCUT2D eigenvalue weighted by atomic mass is 9.86. The lowest BCUT2D eigenvalue weighted by Crippen LogP contribution is -2.45. The Morgan fingerprint density at radius 3 is 2.45 bits per heavy atom. The molecule has 1 saturated heterocycles. The molecule has 0 saturated carbocycles. The van der Waals surface area contributed by atoms with Crippen molar-refractivity contribution in [2.75, 3.05) is 0 Å². The summed E-state index contributed by atoms with van der Waals surface area (Å²) in [5.41, 5.74) is 0.464. The van der Waals surface area contributed by atoms with Crippen molar-refractivity contribution in [3.8, 4) is 0 Å². The van der Waals surface area contributed by atoms with E-state index in [1.807, 2.05) is 13.8 Å². The van der Waals surface area contributed by atoms with E-state index in [4.69, 9.17) is 0 Å². The number of benzene rings is 1. The van der Waals surface area contributed by atoms with Crippen LogP contribution in [0.3, 0.4) is 0 Å². The van der Waals surface area contributed by atoms with Crippen LogP contribution < -0.4 is 5.32 Å². The first-order chi connectivity index (χ1) is 9.23. The largest absolute Gasteiger partial charge is 0.318 e. The average Bonchev–Trinajstić information content (AvgIpc) is 2.64. The maximum Gasteiger partial charge on any atom is 0.241 e. The summed E-state index contributed by atoms with van der Waals surface area (Å²) >= 11 is 0. The molecule has 0 spiro atoms. The molecule has 110 valence electrons. The molecule has 1 aromatic rings. The highest BCUT2D eigenvalue weighted by Crippen LogP contribution is 2.35. The molecule has 3 nitrogen and oxygen atoms in total. The smallest absolute Gasteiger partial charge is 0.241 e. The van der Waals surface area contributed by atoms with Crippen molar-refractivity contribution in [2.24, 2.45) is 5.41 Å². The standard InChI is InChI=1S/C16H23FN2O/c1-10-15(20)19(11(2)16(3,4)5)14(18-10)12-8-6-7-9-13(12)17/h6-11,14,18H,1-5H3. The van der Waals surface area contributed by atoms with Crippen molar-refractivity contribution in [1.82, 2.24) is 10.2 Å². The molecule has 1 N–H and O–H groups in total. The predicted octanol–water partition coefficient (Wildman–Crippen LogP) is 3.08. The summed E-state index contributed by atoms with van der Waals surface area (Å²) in [4.78, 5) is 14.2. The van der Waals surface area contributed by atoms with Gasteiger partial charge in [0.05, 0.1) is 6.04 Å². The molecule has 1 aliphatic heterocycles. The van der Waals surface area contributed by atoms with Gasteiger partial charge in [-0.1, -0.05) is 39.0 Å². The van der Waals surface area contributed by atoms with Crippen LogP contribution in [0.25, 0.3) is 0 Å². The molecule has 2 rings (SSSR count). The number of hydrogen-bond acceptors (Lipinski definition) is 2. The fourth-order valence-electron chi connectivity index (χ4n) is 2.51. The van der Waals surface area contributed by atoms with Crippen LogP contribution in [0.15, 0.2) is 24.3 Å². The van der Waals surface area contributed by atoms with Crippen molar-refractivity contribution in [3.05, 3.63) is 35.6 Å². The minimum Gasteiger partial charge on any atom is -0.318 e. The number of rotatable bonds is 2. The number of nitrogens with one attached hydrogen (secondary N) is 1. The molecule has 1 aliphatic rings. The maximum atomic E-state index is 14.1. The molecule has 1 aromatic carbocycles. The van der Waals surface area contributed by atoms with Gasteiger partial charge in [0, 0.05) is 11.6 Å². The van der Waals surface area contributed by atoms with E-state index >= 15 is 0 Å². The van der Waals surface area contributed by atoms with Crippen molar-refractivity contribution in [3.63, 3.8) is 0 Å². The quantitative estimate of drug-likeness (QED) is 0.901. The van der Waals surface area contributed by atoms with Gasteiger partial charge in [0.25, 0.3) is 0 Å². The fourth-order valence-corrected chi connectivity index (χ4v) is 2.51. The Balaban J connectivity index is 2.41. The summed E-state index contributed by atoms with van der Waals surface area (Å²) in [5, 5.41) is 3.20. The minimum atomic E-state index is -0.395. The molecule has 1 heterocycles. The third-order valence-electron chi connectivity index (χ3n) is 4.18. The Morgan fingerprint density at radius 1 is 1.30 bits per heavy atom. The van der Waals surface area contributed by atoms with E-state index in [1.54, 1.807) is 23.1 Å². The van der Waals surface area contributed by atoms with Gasteiger partial charge in [0.15, 0.2) is 0 Å². The highest BCUT2D eigenvalue weighted by atomic mass is 19.1. The Hall–Kier alpha value is -1.42. The monoisotopic (exact) mass is 278 g/mol. The zero-order chi connectivity index (χ0) is 15.1. The first-order valence-corrected chi connectivity index (χ1v) is 7.06. The third kappa shape index (κ3) is 2.57. The number of amides is 1. The SMILES string of the molecule is CC1NC(c2ccccc2F)N(C(C)C(C)(C)C)C1=O. The summed E-state index contributed by atoms with van der Waals surface area (Å²) in [7, 11) is 0. The normalized spacial score (nSPS) is 25.1. The lowest BCUT2D eigenvalue weighted by Gasteiger charge is -2.38. The number of halogens is 1. The molecule has 0 aromatic heterocycles. The summed E-state index contributed by atoms with van der Waals surface area (Å²) in [6.07, 6.45) is -0.395. The Kier molecular flexibility index (Phi) is 3.87. The predicted molar refractivity (Wildman–Crippen MR) is 77.5 cm³/mol. The maximum absolute atomic E-state index is 14.1. The first-order valence-electron chi connectivity index (χ1n) is 7.06. The van der Waals surface area contributed by atoms with Crippen LogP contribution >= 0.6 is 0 Å². The van der Waals surface area contributed by atoms with Crippen LogP contribution in [0, 0.1) is 11.2 Å². The number of carbonyl (C=O) groups excluding carboxylic acids is 1. The molecule has 20 heavy (non-hydrogen) atoms. The first kappa shape index (κ1) is 15.0.